The Bertz CT molecular complexity index is 2070. The lowest BCUT2D eigenvalue weighted by Crippen LogP contribution is -2.30. The summed E-state index contributed by atoms with van der Waals surface area (Å²) in [6, 6.07) is 0. The number of hydrogen-bond acceptors (Lipinski definition) is 15. The molecule has 19 heteroatoms. The van der Waals surface area contributed by atoms with E-state index in [1.54, 1.807) is 0 Å². The van der Waals surface area contributed by atoms with Crippen LogP contribution in [0.5, 0.6) is 0 Å². The van der Waals surface area contributed by atoms with E-state index in [2.05, 4.69) is 34.6 Å². The maximum Gasteiger partial charge on any atom is 0.472 e. The van der Waals surface area contributed by atoms with E-state index in [9.17, 15) is 43.2 Å². The fourth-order valence-corrected chi connectivity index (χ4v) is 15.7. The number of hydrogen-bond donors (Lipinski definition) is 3. The van der Waals surface area contributed by atoms with Gasteiger partial charge in [-0.1, -0.05) is 439 Å². The molecule has 0 spiro atoms. The first-order valence-electron chi connectivity index (χ1n) is 46.7. The number of phosphoric acid groups is 2. The van der Waals surface area contributed by atoms with Gasteiger partial charge < -0.3 is 33.8 Å². The molecule has 0 aliphatic heterocycles. The van der Waals surface area contributed by atoms with Crippen molar-refractivity contribution in [3.05, 3.63) is 0 Å². The van der Waals surface area contributed by atoms with E-state index >= 15 is 0 Å². The van der Waals surface area contributed by atoms with Crippen LogP contribution in [0.25, 0.3) is 0 Å². The minimum atomic E-state index is -4.97. The lowest BCUT2D eigenvalue weighted by Gasteiger charge is -2.21. The molecule has 0 radical (unpaired) electrons. The van der Waals surface area contributed by atoms with Gasteiger partial charge in [-0.25, -0.2) is 9.13 Å². The summed E-state index contributed by atoms with van der Waals surface area (Å²) in [6.45, 7) is 7.35. The second-order valence-electron chi connectivity index (χ2n) is 32.6. The second kappa shape index (κ2) is 82.6. The van der Waals surface area contributed by atoms with Crippen molar-refractivity contribution < 1.29 is 80.2 Å². The van der Waals surface area contributed by atoms with Gasteiger partial charge in [-0.15, -0.1) is 0 Å². The molecule has 648 valence electrons. The Balaban J connectivity index is 5.22. The van der Waals surface area contributed by atoms with Gasteiger partial charge in [-0.05, 0) is 31.6 Å². The van der Waals surface area contributed by atoms with Crippen LogP contribution < -0.4 is 0 Å². The molecule has 0 saturated carbocycles. The van der Waals surface area contributed by atoms with E-state index in [4.69, 9.17) is 37.0 Å². The predicted molar refractivity (Wildman–Crippen MR) is 451 cm³/mol. The standard InChI is InChI=1S/C90H176O17P2/c1-6-10-13-16-19-22-25-28-31-34-37-39-41-44-47-50-53-56-59-66-70-75-89(94)106-85(79-100-87(92)73-68-63-57-54-51-48-45-43-40-38-35-32-29-26-23-20-17-14-11-7-2)81-104-108(96,97)102-77-84(91)78-103-109(98,99)105-82-86(80-101-88(93)74-69-64-61-60-62-67-72-83(5)9-4)107-90(95)76-71-65-58-55-52-49-46-42-36-33-30-27-24-21-18-15-12-8-3/h83-86,91H,6-82H2,1-5H3,(H,96,97)(H,98,99)/t83?,84-,85-,86-/m1/s1. The lowest BCUT2D eigenvalue weighted by atomic mass is 10.00. The van der Waals surface area contributed by atoms with E-state index in [-0.39, 0.29) is 25.7 Å². The minimum absolute atomic E-state index is 0.108. The molecule has 0 aromatic rings. The number of phosphoric ester groups is 2. The summed E-state index contributed by atoms with van der Waals surface area (Å²) in [5, 5.41) is 10.7. The third-order valence-corrected chi connectivity index (χ3v) is 23.5. The maximum atomic E-state index is 13.2. The molecule has 0 aliphatic carbocycles. The average molecular weight is 1590 g/mol. The number of ether oxygens (including phenoxy) is 4. The molecule has 0 fully saturated rings. The van der Waals surface area contributed by atoms with Gasteiger partial charge in [0.25, 0.3) is 0 Å². The predicted octanol–water partition coefficient (Wildman–Crippen LogP) is 27.9. The van der Waals surface area contributed by atoms with Gasteiger partial charge in [-0.3, -0.25) is 37.3 Å². The van der Waals surface area contributed by atoms with E-state index in [1.165, 1.54) is 308 Å². The number of esters is 4. The molecule has 6 atom stereocenters. The molecule has 109 heavy (non-hydrogen) atoms. The molecule has 0 amide bonds. The van der Waals surface area contributed by atoms with Crippen LogP contribution in [0.3, 0.4) is 0 Å². The van der Waals surface area contributed by atoms with Crippen LogP contribution in [0, 0.1) is 5.92 Å². The average Bonchev–Trinajstić information content (AvgIpc) is 0.901. The van der Waals surface area contributed by atoms with Gasteiger partial charge >= 0.3 is 39.5 Å². The first kappa shape index (κ1) is 107. The van der Waals surface area contributed by atoms with Crippen LogP contribution in [0.15, 0.2) is 0 Å². The first-order valence-corrected chi connectivity index (χ1v) is 49.7. The fraction of sp³-hybridized carbons (Fsp3) is 0.956. The number of aliphatic hydroxyl groups is 1. The Kier molecular flexibility index (Phi) is 81.1. The normalized spacial score (nSPS) is 13.9. The number of carbonyl (C=O) groups excluding carboxylic acids is 4. The SMILES string of the molecule is CCCCCCCCCCCCCCCCCCCCCCCC(=O)O[C@H](COC(=O)CCCCCCCCCCCCCCCCCCCCCC)COP(=O)(O)OC[C@@H](O)COP(=O)(O)OC[C@@H](COC(=O)CCCCCCCCC(C)CC)OC(=O)CCCCCCCCCCCCCCCCCCCC. The van der Waals surface area contributed by atoms with Gasteiger partial charge in [0, 0.05) is 25.7 Å². The van der Waals surface area contributed by atoms with Crippen molar-refractivity contribution >= 4 is 39.5 Å². The summed E-state index contributed by atoms with van der Waals surface area (Å²) in [5.74, 6) is -1.37. The zero-order valence-corrected chi connectivity index (χ0v) is 73.5. The zero-order chi connectivity index (χ0) is 79.7. The molecule has 0 aromatic heterocycles. The molecule has 3 unspecified atom stereocenters. The zero-order valence-electron chi connectivity index (χ0n) is 71.7. The van der Waals surface area contributed by atoms with Crippen molar-refractivity contribution in [2.45, 2.75) is 509 Å². The highest BCUT2D eigenvalue weighted by Crippen LogP contribution is 2.45. The number of unbranched alkanes of at least 4 members (excludes halogenated alkanes) is 61. The lowest BCUT2D eigenvalue weighted by molar-refractivity contribution is -0.161. The molecule has 0 heterocycles. The summed E-state index contributed by atoms with van der Waals surface area (Å²) >= 11 is 0. The Hall–Kier alpha value is -1.94. The summed E-state index contributed by atoms with van der Waals surface area (Å²) in [7, 11) is -9.93. The highest BCUT2D eigenvalue weighted by molar-refractivity contribution is 7.47. The number of carbonyl (C=O) groups is 4. The summed E-state index contributed by atoms with van der Waals surface area (Å²) < 4.78 is 69.0. The number of aliphatic hydroxyl groups excluding tert-OH is 1. The Morgan fingerprint density at radius 1 is 0.257 bits per heavy atom. The number of rotatable bonds is 90. The van der Waals surface area contributed by atoms with E-state index in [0.29, 0.717) is 25.7 Å². The molecule has 0 aliphatic rings. The van der Waals surface area contributed by atoms with Crippen LogP contribution in [0.4, 0.5) is 0 Å². The maximum absolute atomic E-state index is 13.2. The van der Waals surface area contributed by atoms with Gasteiger partial charge in [-0.2, -0.15) is 0 Å². The second-order valence-corrected chi connectivity index (χ2v) is 35.5. The third-order valence-electron chi connectivity index (χ3n) is 21.6. The molecular weight excluding hydrogens is 1410 g/mol. The molecular formula is C90H176O17P2. The van der Waals surface area contributed by atoms with Crippen molar-refractivity contribution in [1.82, 2.24) is 0 Å². The quantitative estimate of drug-likeness (QED) is 0.0222. The van der Waals surface area contributed by atoms with E-state index in [1.807, 2.05) is 0 Å². The smallest absolute Gasteiger partial charge is 0.462 e. The van der Waals surface area contributed by atoms with E-state index in [0.717, 1.165) is 102 Å². The third kappa shape index (κ3) is 82.4. The summed E-state index contributed by atoms with van der Waals surface area (Å²) in [4.78, 5) is 73.4. The molecule has 3 N–H and O–H groups in total. The van der Waals surface area contributed by atoms with Crippen LogP contribution in [-0.4, -0.2) is 96.7 Å². The minimum Gasteiger partial charge on any atom is -0.462 e. The Morgan fingerprint density at radius 2 is 0.440 bits per heavy atom. The molecule has 0 bridgehead atoms. The Morgan fingerprint density at radius 3 is 0.651 bits per heavy atom. The topological polar surface area (TPSA) is 237 Å². The summed E-state index contributed by atoms with van der Waals surface area (Å²) in [6.07, 6.45) is 78.0. The van der Waals surface area contributed by atoms with Crippen molar-refractivity contribution in [3.8, 4) is 0 Å². The molecule has 0 aromatic carbocycles. The van der Waals surface area contributed by atoms with Crippen molar-refractivity contribution in [3.63, 3.8) is 0 Å². The van der Waals surface area contributed by atoms with Crippen LogP contribution in [0.2, 0.25) is 0 Å². The highest BCUT2D eigenvalue weighted by Gasteiger charge is 2.31. The van der Waals surface area contributed by atoms with Gasteiger partial charge in [0.1, 0.15) is 19.3 Å². The highest BCUT2D eigenvalue weighted by atomic mass is 31.2. The Labute approximate surface area is 670 Å². The van der Waals surface area contributed by atoms with Crippen LogP contribution >= 0.6 is 15.6 Å². The first-order chi connectivity index (χ1) is 53.1. The molecule has 0 rings (SSSR count). The van der Waals surface area contributed by atoms with Crippen molar-refractivity contribution in [1.29, 1.82) is 0 Å². The fourth-order valence-electron chi connectivity index (χ4n) is 14.1. The largest absolute Gasteiger partial charge is 0.472 e. The van der Waals surface area contributed by atoms with Gasteiger partial charge in [0.15, 0.2) is 12.2 Å². The monoisotopic (exact) mass is 1590 g/mol. The van der Waals surface area contributed by atoms with Crippen molar-refractivity contribution in [2.75, 3.05) is 39.6 Å². The molecule has 0 saturated heterocycles. The van der Waals surface area contributed by atoms with E-state index < -0.39 is 97.5 Å². The van der Waals surface area contributed by atoms with Crippen LogP contribution in [-0.2, 0) is 65.4 Å². The molecule has 17 nitrogen and oxygen atoms in total. The van der Waals surface area contributed by atoms with Crippen LogP contribution in [0.1, 0.15) is 490 Å². The van der Waals surface area contributed by atoms with Crippen molar-refractivity contribution in [2.24, 2.45) is 5.92 Å². The summed E-state index contributed by atoms with van der Waals surface area (Å²) in [5.41, 5.74) is 0. The van der Waals surface area contributed by atoms with Gasteiger partial charge in [0.2, 0.25) is 0 Å². The van der Waals surface area contributed by atoms with Gasteiger partial charge in [0.05, 0.1) is 26.4 Å².